The van der Waals surface area contributed by atoms with E-state index >= 15 is 0 Å². The molecule has 0 aliphatic rings. The van der Waals surface area contributed by atoms with Crippen LogP contribution in [0.5, 0.6) is 0 Å². The maximum Gasteiger partial charge on any atom is 0.322 e. The van der Waals surface area contributed by atoms with Crippen molar-refractivity contribution in [3.05, 3.63) is 69.2 Å². The van der Waals surface area contributed by atoms with E-state index in [1.165, 1.54) is 0 Å². The minimum Gasteiger partial charge on any atom is -0.317 e. The van der Waals surface area contributed by atoms with Crippen LogP contribution < -0.4 is 10.9 Å². The van der Waals surface area contributed by atoms with E-state index in [1.54, 1.807) is 22.6 Å². The van der Waals surface area contributed by atoms with Crippen LogP contribution in [0.25, 0.3) is 10.9 Å². The van der Waals surface area contributed by atoms with Gasteiger partial charge in [0.05, 0.1) is 16.9 Å². The van der Waals surface area contributed by atoms with Gasteiger partial charge in [-0.05, 0) is 43.7 Å². The van der Waals surface area contributed by atoms with Crippen LogP contribution in [0.1, 0.15) is 32.1 Å². The van der Waals surface area contributed by atoms with Gasteiger partial charge in [0, 0.05) is 23.8 Å². The van der Waals surface area contributed by atoms with Crippen molar-refractivity contribution in [2.24, 2.45) is 0 Å². The number of hydrogen-bond donors (Lipinski definition) is 1. The zero-order valence-electron chi connectivity index (χ0n) is 16.1. The molecule has 1 unspecified atom stereocenters. The molecular formula is C21H23BrN4O2. The number of carbonyl (C=O) groups excluding carboxylic acids is 1. The van der Waals surface area contributed by atoms with Gasteiger partial charge in [-0.3, -0.25) is 9.36 Å². The second-order valence-electron chi connectivity index (χ2n) is 6.51. The fourth-order valence-electron chi connectivity index (χ4n) is 3.29. The lowest BCUT2D eigenvalue weighted by Gasteiger charge is -2.29. The summed E-state index contributed by atoms with van der Waals surface area (Å²) in [6.45, 7) is 4.38. The Morgan fingerprint density at radius 3 is 2.64 bits per heavy atom. The van der Waals surface area contributed by atoms with E-state index in [0.717, 1.165) is 4.47 Å². The number of amides is 2. The van der Waals surface area contributed by atoms with Crippen LogP contribution in [-0.4, -0.2) is 27.5 Å². The molecule has 0 spiro atoms. The molecule has 0 saturated heterocycles. The van der Waals surface area contributed by atoms with E-state index in [4.69, 9.17) is 4.98 Å². The van der Waals surface area contributed by atoms with Gasteiger partial charge in [-0.15, -0.1) is 0 Å². The lowest BCUT2D eigenvalue weighted by Crippen LogP contribution is -2.38. The van der Waals surface area contributed by atoms with E-state index in [2.05, 4.69) is 21.2 Å². The number of benzene rings is 2. The van der Waals surface area contributed by atoms with Gasteiger partial charge in [-0.2, -0.15) is 0 Å². The number of aromatic nitrogens is 2. The van der Waals surface area contributed by atoms with Crippen LogP contribution in [0.15, 0.2) is 57.8 Å². The monoisotopic (exact) mass is 442 g/mol. The van der Waals surface area contributed by atoms with Gasteiger partial charge in [-0.1, -0.05) is 41.1 Å². The van der Waals surface area contributed by atoms with Crippen molar-refractivity contribution < 1.29 is 4.79 Å². The van der Waals surface area contributed by atoms with Gasteiger partial charge in [0.1, 0.15) is 5.82 Å². The molecule has 6 nitrogen and oxygen atoms in total. The van der Waals surface area contributed by atoms with Gasteiger partial charge in [-0.25, -0.2) is 9.78 Å². The summed E-state index contributed by atoms with van der Waals surface area (Å²) < 4.78 is 2.54. The first-order valence-electron chi connectivity index (χ1n) is 9.25. The summed E-state index contributed by atoms with van der Waals surface area (Å²) in [7, 11) is 1.73. The third-order valence-electron chi connectivity index (χ3n) is 4.76. The average Bonchev–Trinajstić information content (AvgIpc) is 2.69. The number of para-hydroxylation sites is 1. The van der Waals surface area contributed by atoms with E-state index in [0.29, 0.717) is 35.4 Å². The standard InChI is InChI=1S/C21H23BrN4O2/c1-4-18(25(3)21(28)23-15-10-8-9-14(22)13-15)19-24-17-12-7-6-11-16(17)20(27)26(19)5-2/h6-13,18H,4-5H2,1-3H3,(H,23,28). The van der Waals surface area contributed by atoms with Crippen molar-refractivity contribution in [2.75, 3.05) is 12.4 Å². The molecule has 1 heterocycles. The van der Waals surface area contributed by atoms with Crippen molar-refractivity contribution in [1.82, 2.24) is 14.5 Å². The Morgan fingerprint density at radius 1 is 1.21 bits per heavy atom. The second-order valence-corrected chi connectivity index (χ2v) is 7.43. The number of rotatable bonds is 5. The molecular weight excluding hydrogens is 420 g/mol. The lowest BCUT2D eigenvalue weighted by atomic mass is 10.1. The number of urea groups is 1. The molecule has 0 saturated carbocycles. The summed E-state index contributed by atoms with van der Waals surface area (Å²) in [5, 5.41) is 3.49. The van der Waals surface area contributed by atoms with Crippen LogP contribution in [0, 0.1) is 0 Å². The zero-order valence-corrected chi connectivity index (χ0v) is 17.7. The molecule has 0 radical (unpaired) electrons. The molecule has 3 aromatic rings. The number of halogens is 1. The Morgan fingerprint density at radius 2 is 1.96 bits per heavy atom. The molecule has 0 aliphatic carbocycles. The maximum atomic E-state index is 12.9. The minimum absolute atomic E-state index is 0.0812. The third kappa shape index (κ3) is 3.94. The summed E-state index contributed by atoms with van der Waals surface area (Å²) in [5.41, 5.74) is 1.26. The summed E-state index contributed by atoms with van der Waals surface area (Å²) in [6.07, 6.45) is 0.632. The summed E-state index contributed by atoms with van der Waals surface area (Å²) in [5.74, 6) is 0.598. The van der Waals surface area contributed by atoms with Gasteiger partial charge in [0.2, 0.25) is 0 Å². The predicted molar refractivity (Wildman–Crippen MR) is 116 cm³/mol. The molecule has 146 valence electrons. The number of carbonyl (C=O) groups is 1. The van der Waals surface area contributed by atoms with Gasteiger partial charge >= 0.3 is 6.03 Å². The first kappa shape index (κ1) is 20.1. The molecule has 3 rings (SSSR count). The van der Waals surface area contributed by atoms with E-state index in [9.17, 15) is 9.59 Å². The highest BCUT2D eigenvalue weighted by atomic mass is 79.9. The van der Waals surface area contributed by atoms with Crippen LogP contribution in [0.3, 0.4) is 0 Å². The Bertz CT molecular complexity index is 1060. The molecule has 1 aromatic heterocycles. The summed E-state index contributed by atoms with van der Waals surface area (Å²) in [4.78, 5) is 32.1. The largest absolute Gasteiger partial charge is 0.322 e. The van der Waals surface area contributed by atoms with Crippen molar-refractivity contribution in [2.45, 2.75) is 32.9 Å². The smallest absolute Gasteiger partial charge is 0.317 e. The first-order valence-corrected chi connectivity index (χ1v) is 10.0. The number of anilines is 1. The van der Waals surface area contributed by atoms with Crippen LogP contribution in [0.4, 0.5) is 10.5 Å². The Kier molecular flexibility index (Phi) is 6.14. The summed E-state index contributed by atoms with van der Waals surface area (Å²) in [6, 6.07) is 14.1. The highest BCUT2D eigenvalue weighted by Gasteiger charge is 2.25. The fourth-order valence-corrected chi connectivity index (χ4v) is 3.69. The highest BCUT2D eigenvalue weighted by molar-refractivity contribution is 9.10. The average molecular weight is 443 g/mol. The van der Waals surface area contributed by atoms with Crippen LogP contribution in [-0.2, 0) is 6.54 Å². The topological polar surface area (TPSA) is 67.2 Å². The summed E-state index contributed by atoms with van der Waals surface area (Å²) >= 11 is 3.41. The number of fused-ring (bicyclic) bond motifs is 1. The maximum absolute atomic E-state index is 12.9. The number of nitrogens with one attached hydrogen (secondary N) is 1. The molecule has 2 aromatic carbocycles. The molecule has 0 aliphatic heterocycles. The first-order chi connectivity index (χ1) is 13.5. The highest BCUT2D eigenvalue weighted by Crippen LogP contribution is 2.24. The normalized spacial score (nSPS) is 12.0. The van der Waals surface area contributed by atoms with Crippen molar-refractivity contribution >= 4 is 38.6 Å². The van der Waals surface area contributed by atoms with E-state index < -0.39 is 0 Å². The van der Waals surface area contributed by atoms with E-state index in [1.807, 2.05) is 56.3 Å². The van der Waals surface area contributed by atoms with Crippen molar-refractivity contribution in [1.29, 1.82) is 0 Å². The molecule has 28 heavy (non-hydrogen) atoms. The molecule has 1 atom stereocenters. The van der Waals surface area contributed by atoms with Crippen molar-refractivity contribution in [3.63, 3.8) is 0 Å². The van der Waals surface area contributed by atoms with Crippen LogP contribution >= 0.6 is 15.9 Å². The number of nitrogens with zero attached hydrogens (tertiary/aromatic N) is 3. The van der Waals surface area contributed by atoms with E-state index in [-0.39, 0.29) is 17.6 Å². The van der Waals surface area contributed by atoms with Gasteiger partial charge in [0.15, 0.2) is 0 Å². The Labute approximate surface area is 172 Å². The number of hydrogen-bond acceptors (Lipinski definition) is 3. The zero-order chi connectivity index (χ0) is 20.3. The van der Waals surface area contributed by atoms with Crippen molar-refractivity contribution in [3.8, 4) is 0 Å². The minimum atomic E-state index is -0.329. The van der Waals surface area contributed by atoms with Gasteiger partial charge < -0.3 is 10.2 Å². The molecule has 0 bridgehead atoms. The fraction of sp³-hybridized carbons (Fsp3) is 0.286. The molecule has 7 heteroatoms. The second kappa shape index (κ2) is 8.56. The van der Waals surface area contributed by atoms with Crippen LogP contribution in [0.2, 0.25) is 0 Å². The molecule has 1 N–H and O–H groups in total. The quantitative estimate of drug-likeness (QED) is 0.617. The lowest BCUT2D eigenvalue weighted by molar-refractivity contribution is 0.198. The Balaban J connectivity index is 1.98. The predicted octanol–water partition coefficient (Wildman–Crippen LogP) is 4.79. The van der Waals surface area contributed by atoms with Gasteiger partial charge in [0.25, 0.3) is 5.56 Å². The third-order valence-corrected chi connectivity index (χ3v) is 5.25. The Hall–Kier alpha value is -2.67. The molecule has 2 amide bonds. The SMILES string of the molecule is CCC(c1nc2ccccc2c(=O)n1CC)N(C)C(=O)Nc1cccc(Br)c1. The molecule has 0 fully saturated rings.